The Morgan fingerprint density at radius 3 is 2.44 bits per heavy atom. The summed E-state index contributed by atoms with van der Waals surface area (Å²) in [7, 11) is 0. The summed E-state index contributed by atoms with van der Waals surface area (Å²) < 4.78 is 26.6. The fraction of sp³-hybridized carbons (Fsp3) is 0.571. The Labute approximate surface area is 107 Å². The van der Waals surface area contributed by atoms with E-state index in [0.29, 0.717) is 18.4 Å². The molecule has 0 heterocycles. The van der Waals surface area contributed by atoms with Crippen LogP contribution in [0.1, 0.15) is 44.7 Å². The SMILES string of the molecule is CCC(CCO)NC(CC)c1ccc(F)cc1F. The summed E-state index contributed by atoms with van der Waals surface area (Å²) in [5, 5.41) is 12.3. The van der Waals surface area contributed by atoms with E-state index in [0.717, 1.165) is 12.5 Å². The van der Waals surface area contributed by atoms with Gasteiger partial charge in [-0.3, -0.25) is 0 Å². The molecule has 0 aliphatic heterocycles. The summed E-state index contributed by atoms with van der Waals surface area (Å²) in [6, 6.07) is 3.66. The van der Waals surface area contributed by atoms with Gasteiger partial charge >= 0.3 is 0 Å². The molecule has 0 spiro atoms. The molecule has 2 nitrogen and oxygen atoms in total. The number of nitrogens with one attached hydrogen (secondary N) is 1. The number of rotatable bonds is 7. The van der Waals surface area contributed by atoms with Gasteiger partial charge in [0, 0.05) is 30.3 Å². The zero-order chi connectivity index (χ0) is 13.5. The molecule has 0 saturated heterocycles. The van der Waals surface area contributed by atoms with Gasteiger partial charge in [-0.1, -0.05) is 19.9 Å². The van der Waals surface area contributed by atoms with Gasteiger partial charge in [-0.2, -0.15) is 0 Å². The molecule has 1 aromatic carbocycles. The molecule has 0 aliphatic rings. The second kappa shape index (κ2) is 7.44. The summed E-state index contributed by atoms with van der Waals surface area (Å²) in [5.74, 6) is -1.08. The van der Waals surface area contributed by atoms with Crippen LogP contribution < -0.4 is 5.32 Å². The van der Waals surface area contributed by atoms with Gasteiger partial charge in [0.2, 0.25) is 0 Å². The third-order valence-electron chi connectivity index (χ3n) is 3.15. The largest absolute Gasteiger partial charge is 0.396 e. The maximum Gasteiger partial charge on any atom is 0.130 e. The van der Waals surface area contributed by atoms with E-state index in [2.05, 4.69) is 5.32 Å². The first-order chi connectivity index (χ1) is 8.62. The summed E-state index contributed by atoms with van der Waals surface area (Å²) in [4.78, 5) is 0. The highest BCUT2D eigenvalue weighted by Gasteiger charge is 2.17. The van der Waals surface area contributed by atoms with Crippen LogP contribution in [0.3, 0.4) is 0 Å². The fourth-order valence-corrected chi connectivity index (χ4v) is 2.06. The molecule has 4 heteroatoms. The van der Waals surface area contributed by atoms with E-state index < -0.39 is 11.6 Å². The highest BCUT2D eigenvalue weighted by atomic mass is 19.1. The predicted octanol–water partition coefficient (Wildman–Crippen LogP) is 3.17. The number of hydrogen-bond donors (Lipinski definition) is 2. The zero-order valence-corrected chi connectivity index (χ0v) is 10.9. The van der Waals surface area contributed by atoms with E-state index in [9.17, 15) is 8.78 Å². The molecule has 1 aromatic rings. The van der Waals surface area contributed by atoms with Gasteiger partial charge < -0.3 is 10.4 Å². The van der Waals surface area contributed by atoms with Crippen molar-refractivity contribution in [2.75, 3.05) is 6.61 Å². The van der Waals surface area contributed by atoms with E-state index in [4.69, 9.17) is 5.11 Å². The molecule has 102 valence electrons. The normalized spacial score (nSPS) is 14.5. The Bertz CT molecular complexity index is 371. The number of aliphatic hydroxyl groups excluding tert-OH is 1. The zero-order valence-electron chi connectivity index (χ0n) is 10.9. The molecule has 0 amide bonds. The smallest absolute Gasteiger partial charge is 0.130 e. The predicted molar refractivity (Wildman–Crippen MR) is 68.3 cm³/mol. The molecule has 0 aliphatic carbocycles. The maximum atomic E-state index is 13.7. The highest BCUT2D eigenvalue weighted by molar-refractivity contribution is 5.22. The summed E-state index contributed by atoms with van der Waals surface area (Å²) >= 11 is 0. The van der Waals surface area contributed by atoms with Crippen molar-refractivity contribution in [3.05, 3.63) is 35.4 Å². The Kier molecular flexibility index (Phi) is 6.22. The van der Waals surface area contributed by atoms with Crippen LogP contribution in [0.25, 0.3) is 0 Å². The Balaban J connectivity index is 2.81. The van der Waals surface area contributed by atoms with Crippen LogP contribution in [0.5, 0.6) is 0 Å². The van der Waals surface area contributed by atoms with E-state index in [1.165, 1.54) is 12.1 Å². The fourth-order valence-electron chi connectivity index (χ4n) is 2.06. The molecule has 2 unspecified atom stereocenters. The van der Waals surface area contributed by atoms with E-state index in [1.807, 2.05) is 13.8 Å². The van der Waals surface area contributed by atoms with Gasteiger partial charge in [-0.25, -0.2) is 8.78 Å². The second-order valence-electron chi connectivity index (χ2n) is 4.41. The van der Waals surface area contributed by atoms with Crippen molar-refractivity contribution >= 4 is 0 Å². The van der Waals surface area contributed by atoms with Crippen LogP contribution in [0.2, 0.25) is 0 Å². The molecule has 2 atom stereocenters. The minimum atomic E-state index is -0.562. The maximum absolute atomic E-state index is 13.7. The molecule has 2 N–H and O–H groups in total. The third-order valence-corrected chi connectivity index (χ3v) is 3.15. The lowest BCUT2D eigenvalue weighted by Crippen LogP contribution is -2.33. The van der Waals surface area contributed by atoms with Crippen LogP contribution in [0, 0.1) is 11.6 Å². The standard InChI is InChI=1S/C14H21F2NO/c1-3-11(7-8-18)17-14(4-2)12-6-5-10(15)9-13(12)16/h5-6,9,11,14,17-18H,3-4,7-8H2,1-2H3. The molecule has 18 heavy (non-hydrogen) atoms. The molecule has 0 saturated carbocycles. The average Bonchev–Trinajstić information content (AvgIpc) is 2.35. The second-order valence-corrected chi connectivity index (χ2v) is 4.41. The Hall–Kier alpha value is -1.00. The van der Waals surface area contributed by atoms with Crippen molar-refractivity contribution in [1.29, 1.82) is 0 Å². The molecule has 0 fully saturated rings. The van der Waals surface area contributed by atoms with Gasteiger partial charge in [0.15, 0.2) is 0 Å². The van der Waals surface area contributed by atoms with Crippen molar-refractivity contribution in [1.82, 2.24) is 5.32 Å². The lowest BCUT2D eigenvalue weighted by Gasteiger charge is -2.24. The number of halogens is 2. The first-order valence-corrected chi connectivity index (χ1v) is 6.44. The molecular formula is C14H21F2NO. The summed E-state index contributed by atoms with van der Waals surface area (Å²) in [6.07, 6.45) is 2.21. The first kappa shape index (κ1) is 15.1. The van der Waals surface area contributed by atoms with Crippen LogP contribution in [0.4, 0.5) is 8.78 Å². The van der Waals surface area contributed by atoms with Crippen molar-refractivity contribution < 1.29 is 13.9 Å². The summed E-state index contributed by atoms with van der Waals surface area (Å²) in [5.41, 5.74) is 0.482. The molecule has 0 radical (unpaired) electrons. The monoisotopic (exact) mass is 257 g/mol. The summed E-state index contributed by atoms with van der Waals surface area (Å²) in [6.45, 7) is 4.07. The van der Waals surface area contributed by atoms with Gasteiger partial charge in [0.25, 0.3) is 0 Å². The van der Waals surface area contributed by atoms with E-state index >= 15 is 0 Å². The first-order valence-electron chi connectivity index (χ1n) is 6.44. The van der Waals surface area contributed by atoms with Crippen LogP contribution in [-0.4, -0.2) is 17.8 Å². The van der Waals surface area contributed by atoms with Crippen molar-refractivity contribution in [2.45, 2.75) is 45.2 Å². The molecular weight excluding hydrogens is 236 g/mol. The third kappa shape index (κ3) is 4.03. The number of benzene rings is 1. The van der Waals surface area contributed by atoms with Crippen molar-refractivity contribution in [3.63, 3.8) is 0 Å². The minimum Gasteiger partial charge on any atom is -0.396 e. The average molecular weight is 257 g/mol. The van der Waals surface area contributed by atoms with Crippen molar-refractivity contribution in [2.24, 2.45) is 0 Å². The van der Waals surface area contributed by atoms with Crippen molar-refractivity contribution in [3.8, 4) is 0 Å². The quantitative estimate of drug-likeness (QED) is 0.786. The van der Waals surface area contributed by atoms with Gasteiger partial charge in [-0.15, -0.1) is 0 Å². The van der Waals surface area contributed by atoms with E-state index in [-0.39, 0.29) is 18.7 Å². The lowest BCUT2D eigenvalue weighted by atomic mass is 10.0. The highest BCUT2D eigenvalue weighted by Crippen LogP contribution is 2.22. The van der Waals surface area contributed by atoms with Crippen LogP contribution >= 0.6 is 0 Å². The van der Waals surface area contributed by atoms with Crippen LogP contribution in [0.15, 0.2) is 18.2 Å². The van der Waals surface area contributed by atoms with Gasteiger partial charge in [0.1, 0.15) is 11.6 Å². The lowest BCUT2D eigenvalue weighted by molar-refractivity contribution is 0.253. The van der Waals surface area contributed by atoms with E-state index in [1.54, 1.807) is 0 Å². The van der Waals surface area contributed by atoms with Crippen LogP contribution in [-0.2, 0) is 0 Å². The van der Waals surface area contributed by atoms with Gasteiger partial charge in [-0.05, 0) is 25.3 Å². The van der Waals surface area contributed by atoms with Gasteiger partial charge in [0.05, 0.1) is 0 Å². The minimum absolute atomic E-state index is 0.105. The Morgan fingerprint density at radius 1 is 1.22 bits per heavy atom. The Morgan fingerprint density at radius 2 is 1.94 bits per heavy atom. The molecule has 1 rings (SSSR count). The molecule has 0 aromatic heterocycles. The topological polar surface area (TPSA) is 32.3 Å². The number of aliphatic hydroxyl groups is 1. The molecule has 0 bridgehead atoms. The number of hydrogen-bond acceptors (Lipinski definition) is 2.